The molecule has 0 radical (unpaired) electrons. The fourth-order valence-electron chi connectivity index (χ4n) is 3.28. The van der Waals surface area contributed by atoms with Crippen molar-refractivity contribution in [2.24, 2.45) is 5.92 Å². The quantitative estimate of drug-likeness (QED) is 0.794. The van der Waals surface area contributed by atoms with Crippen molar-refractivity contribution >= 4 is 17.2 Å². The average Bonchev–Trinajstić information content (AvgIpc) is 3.22. The Kier molecular flexibility index (Phi) is 5.51. The van der Waals surface area contributed by atoms with E-state index >= 15 is 0 Å². The van der Waals surface area contributed by atoms with Gasteiger partial charge in [-0.3, -0.25) is 4.79 Å². The first-order valence-corrected chi connectivity index (χ1v) is 10.5. The molecule has 1 aliphatic rings. The van der Waals surface area contributed by atoms with Crippen molar-refractivity contribution in [2.45, 2.75) is 65.7 Å². The van der Waals surface area contributed by atoms with Crippen LogP contribution in [0.15, 0.2) is 11.6 Å². The van der Waals surface area contributed by atoms with Gasteiger partial charge in [0.25, 0.3) is 5.91 Å². The molecule has 0 N–H and O–H groups in total. The molecule has 1 saturated heterocycles. The lowest BCUT2D eigenvalue weighted by atomic mass is 9.93. The van der Waals surface area contributed by atoms with E-state index in [2.05, 4.69) is 45.1 Å². The lowest BCUT2D eigenvalue weighted by Gasteiger charge is -2.30. The van der Waals surface area contributed by atoms with E-state index in [1.54, 1.807) is 17.5 Å². The fourth-order valence-corrected chi connectivity index (χ4v) is 4.31. The van der Waals surface area contributed by atoms with E-state index in [-0.39, 0.29) is 11.3 Å². The molecule has 1 fully saturated rings. The van der Waals surface area contributed by atoms with Crippen molar-refractivity contribution in [3.8, 4) is 5.13 Å². The maximum absolute atomic E-state index is 13.1. The summed E-state index contributed by atoms with van der Waals surface area (Å²) < 4.78 is 1.88. The van der Waals surface area contributed by atoms with Crippen molar-refractivity contribution in [1.82, 2.24) is 19.7 Å². The Morgan fingerprint density at radius 3 is 2.58 bits per heavy atom. The van der Waals surface area contributed by atoms with Gasteiger partial charge in [0.1, 0.15) is 0 Å². The van der Waals surface area contributed by atoms with Gasteiger partial charge in [0.05, 0.1) is 23.1 Å². The van der Waals surface area contributed by atoms with Gasteiger partial charge in [0.2, 0.25) is 5.13 Å². The molecule has 0 atom stereocenters. The molecule has 0 spiro atoms. The zero-order valence-corrected chi connectivity index (χ0v) is 17.4. The van der Waals surface area contributed by atoms with Crippen LogP contribution in [0.3, 0.4) is 0 Å². The molecule has 3 rings (SSSR count). The second-order valence-corrected chi connectivity index (χ2v) is 9.24. The maximum Gasteiger partial charge on any atom is 0.257 e. The van der Waals surface area contributed by atoms with Gasteiger partial charge in [-0.2, -0.15) is 5.10 Å². The Morgan fingerprint density at radius 1 is 1.31 bits per heavy atom. The number of rotatable bonds is 4. The van der Waals surface area contributed by atoms with Gasteiger partial charge in [0, 0.05) is 23.9 Å². The Morgan fingerprint density at radius 2 is 2.00 bits per heavy atom. The van der Waals surface area contributed by atoms with E-state index in [4.69, 9.17) is 4.98 Å². The molecule has 2 aromatic heterocycles. The Hall–Kier alpha value is -1.69. The third-order valence-corrected chi connectivity index (χ3v) is 5.91. The van der Waals surface area contributed by atoms with E-state index < -0.39 is 0 Å². The van der Waals surface area contributed by atoms with E-state index in [9.17, 15) is 4.79 Å². The minimum atomic E-state index is 0.00989. The zero-order valence-electron chi connectivity index (χ0n) is 16.6. The molecule has 142 valence electrons. The predicted molar refractivity (Wildman–Crippen MR) is 106 cm³/mol. The Labute approximate surface area is 160 Å². The highest BCUT2D eigenvalue weighted by Crippen LogP contribution is 2.28. The molecule has 5 nitrogen and oxygen atoms in total. The lowest BCUT2D eigenvalue weighted by Crippen LogP contribution is -2.38. The first-order valence-electron chi connectivity index (χ1n) is 9.63. The van der Waals surface area contributed by atoms with E-state index in [0.717, 1.165) is 60.9 Å². The molecule has 0 aliphatic carbocycles. The summed E-state index contributed by atoms with van der Waals surface area (Å²) in [6.07, 6.45) is 5.72. The van der Waals surface area contributed by atoms with Crippen LogP contribution in [0.5, 0.6) is 0 Å². The zero-order chi connectivity index (χ0) is 18.9. The van der Waals surface area contributed by atoms with Crippen molar-refractivity contribution in [1.29, 1.82) is 0 Å². The molecule has 26 heavy (non-hydrogen) atoms. The van der Waals surface area contributed by atoms with Gasteiger partial charge in [-0.15, -0.1) is 11.3 Å². The van der Waals surface area contributed by atoms with Crippen LogP contribution in [-0.4, -0.2) is 38.7 Å². The highest BCUT2D eigenvalue weighted by atomic mass is 32.1. The van der Waals surface area contributed by atoms with Crippen LogP contribution in [0.1, 0.15) is 75.6 Å². The van der Waals surface area contributed by atoms with Crippen LogP contribution in [0, 0.1) is 5.92 Å². The monoisotopic (exact) mass is 374 g/mol. The average molecular weight is 375 g/mol. The molecule has 3 heterocycles. The molecule has 0 bridgehead atoms. The van der Waals surface area contributed by atoms with E-state index in [0.29, 0.717) is 5.92 Å². The highest BCUT2D eigenvalue weighted by Gasteiger charge is 2.27. The van der Waals surface area contributed by atoms with Crippen molar-refractivity contribution in [3.63, 3.8) is 0 Å². The van der Waals surface area contributed by atoms with Gasteiger partial charge < -0.3 is 4.90 Å². The summed E-state index contributed by atoms with van der Waals surface area (Å²) in [6.45, 7) is 12.6. The van der Waals surface area contributed by atoms with Gasteiger partial charge >= 0.3 is 0 Å². The largest absolute Gasteiger partial charge is 0.339 e. The number of carbonyl (C=O) groups excluding carboxylic acids is 1. The summed E-state index contributed by atoms with van der Waals surface area (Å²) in [4.78, 5) is 19.8. The number of piperidine rings is 1. The number of hydrogen-bond donors (Lipinski definition) is 0. The molecule has 2 aromatic rings. The number of hydrogen-bond acceptors (Lipinski definition) is 4. The second kappa shape index (κ2) is 7.51. The van der Waals surface area contributed by atoms with Crippen LogP contribution in [-0.2, 0) is 11.8 Å². The number of thiazole rings is 1. The first-order chi connectivity index (χ1) is 12.3. The third-order valence-electron chi connectivity index (χ3n) is 5.10. The molecular weight excluding hydrogens is 344 g/mol. The number of likely N-dealkylation sites (tertiary alicyclic amines) is 1. The molecule has 0 unspecified atom stereocenters. The summed E-state index contributed by atoms with van der Waals surface area (Å²) in [5, 5.41) is 7.50. The molecule has 6 heteroatoms. The lowest BCUT2D eigenvalue weighted by molar-refractivity contribution is 0.0696. The van der Waals surface area contributed by atoms with Crippen LogP contribution in [0.2, 0.25) is 0 Å². The summed E-state index contributed by atoms with van der Waals surface area (Å²) >= 11 is 1.59. The topological polar surface area (TPSA) is 51.0 Å². The van der Waals surface area contributed by atoms with Gasteiger partial charge in [-0.05, 0) is 25.2 Å². The smallest absolute Gasteiger partial charge is 0.257 e. The summed E-state index contributed by atoms with van der Waals surface area (Å²) in [7, 11) is 0. The maximum atomic E-state index is 13.1. The van der Waals surface area contributed by atoms with Crippen LogP contribution in [0.25, 0.3) is 5.13 Å². The number of aromatic nitrogens is 3. The molecule has 0 saturated carbocycles. The van der Waals surface area contributed by atoms with Crippen LogP contribution < -0.4 is 0 Å². The van der Waals surface area contributed by atoms with Gasteiger partial charge in [-0.1, -0.05) is 41.0 Å². The predicted octanol–water partition coefficient (Wildman–Crippen LogP) is 4.45. The Bertz CT molecular complexity index is 763. The molecular formula is C20H30N4OS. The number of carbonyl (C=O) groups is 1. The summed E-state index contributed by atoms with van der Waals surface area (Å²) in [6, 6.07) is 0. The van der Waals surface area contributed by atoms with Crippen molar-refractivity contribution in [2.75, 3.05) is 13.1 Å². The normalized spacial score (nSPS) is 16.3. The van der Waals surface area contributed by atoms with Crippen LogP contribution in [0.4, 0.5) is 0 Å². The highest BCUT2D eigenvalue weighted by molar-refractivity contribution is 7.12. The summed E-state index contributed by atoms with van der Waals surface area (Å²) in [5.41, 5.74) is 2.81. The van der Waals surface area contributed by atoms with E-state index in [1.807, 2.05) is 9.58 Å². The molecule has 1 aliphatic heterocycles. The van der Waals surface area contributed by atoms with Crippen molar-refractivity contribution in [3.05, 3.63) is 28.5 Å². The summed E-state index contributed by atoms with van der Waals surface area (Å²) in [5.74, 6) is 0.835. The SMILES string of the molecule is CCCc1c(C(=O)N2CCC(C)CC2)cnn1-c1nc(C(C)(C)C)cs1. The minimum Gasteiger partial charge on any atom is -0.339 e. The molecule has 1 amide bonds. The standard InChI is InChI=1S/C20H30N4OS/c1-6-7-16-15(18(25)23-10-8-14(2)9-11-23)12-21-24(16)19-22-17(13-26-19)20(3,4)5/h12-14H,6-11H2,1-5H3. The second-order valence-electron chi connectivity index (χ2n) is 8.41. The number of nitrogens with zero attached hydrogens (tertiary/aromatic N) is 4. The first kappa shape index (κ1) is 19.1. The number of amides is 1. The van der Waals surface area contributed by atoms with E-state index in [1.165, 1.54) is 0 Å². The van der Waals surface area contributed by atoms with Gasteiger partial charge in [0.15, 0.2) is 0 Å². The minimum absolute atomic E-state index is 0.00989. The van der Waals surface area contributed by atoms with Crippen molar-refractivity contribution < 1.29 is 4.79 Å². The van der Waals surface area contributed by atoms with Crippen LogP contribution >= 0.6 is 11.3 Å². The molecule has 0 aromatic carbocycles. The van der Waals surface area contributed by atoms with Gasteiger partial charge in [-0.25, -0.2) is 9.67 Å². The fraction of sp³-hybridized carbons (Fsp3) is 0.650. The third kappa shape index (κ3) is 3.85. The Balaban J connectivity index is 1.91.